The molecule has 266 valence electrons. The molecule has 7 rings (SSSR count). The lowest BCUT2D eigenvalue weighted by molar-refractivity contribution is -0.190. The maximum atomic E-state index is 14.6. The molecule has 11 heteroatoms. The van der Waals surface area contributed by atoms with Gasteiger partial charge in [0.05, 0.1) is 7.11 Å². The first-order chi connectivity index (χ1) is 25.1. The molecule has 52 heavy (non-hydrogen) atoms. The van der Waals surface area contributed by atoms with E-state index in [0.717, 1.165) is 11.1 Å². The van der Waals surface area contributed by atoms with Crippen molar-refractivity contribution in [3.05, 3.63) is 149 Å². The molecule has 2 amide bonds. The molecule has 3 aliphatic rings. The van der Waals surface area contributed by atoms with Crippen LogP contribution in [0, 0.1) is 0 Å². The molecule has 0 saturated carbocycles. The van der Waals surface area contributed by atoms with Crippen LogP contribution in [-0.2, 0) is 39.4 Å². The highest BCUT2D eigenvalue weighted by molar-refractivity contribution is 6.01. The number of hydrogen-bond acceptors (Lipinski definition) is 6. The molecule has 0 aromatic heterocycles. The van der Waals surface area contributed by atoms with E-state index in [-0.39, 0.29) is 61.2 Å². The Balaban J connectivity index is 1.47. The second-order valence-corrected chi connectivity index (χ2v) is 12.9. The number of halogens is 3. The van der Waals surface area contributed by atoms with Gasteiger partial charge in [-0.25, -0.2) is 0 Å². The van der Waals surface area contributed by atoms with Gasteiger partial charge >= 0.3 is 12.1 Å². The zero-order valence-electron chi connectivity index (χ0n) is 28.2. The number of nitrogens with zero attached hydrogens (tertiary/aromatic N) is 2. The number of alkyl halides is 3. The summed E-state index contributed by atoms with van der Waals surface area (Å²) in [5.41, 5.74) is 1.64. The average Bonchev–Trinajstić information content (AvgIpc) is 3.34. The molecule has 1 spiro atoms. The van der Waals surface area contributed by atoms with Crippen LogP contribution in [0.2, 0.25) is 0 Å². The summed E-state index contributed by atoms with van der Waals surface area (Å²) in [4.78, 5) is 42.4. The molecule has 0 unspecified atom stereocenters. The van der Waals surface area contributed by atoms with Crippen molar-refractivity contribution in [3.63, 3.8) is 0 Å². The lowest BCUT2D eigenvalue weighted by Crippen LogP contribution is -2.47. The number of carbonyl (C=O) groups is 3. The van der Waals surface area contributed by atoms with Crippen LogP contribution in [0.1, 0.15) is 40.4 Å². The first-order valence-corrected chi connectivity index (χ1v) is 16.8. The highest BCUT2D eigenvalue weighted by atomic mass is 19.4. The Morgan fingerprint density at radius 3 is 1.92 bits per heavy atom. The van der Waals surface area contributed by atoms with Crippen molar-refractivity contribution >= 4 is 17.6 Å². The summed E-state index contributed by atoms with van der Waals surface area (Å²) in [6.07, 6.45) is -0.600. The lowest BCUT2D eigenvalue weighted by atomic mass is 9.72. The van der Waals surface area contributed by atoms with Crippen molar-refractivity contribution in [2.24, 2.45) is 0 Å². The largest absolute Gasteiger partial charge is 0.490 e. The summed E-state index contributed by atoms with van der Waals surface area (Å²) >= 11 is 0. The molecular formula is C41H35F3N2O6. The van der Waals surface area contributed by atoms with Gasteiger partial charge in [-0.15, -0.1) is 0 Å². The van der Waals surface area contributed by atoms with Crippen LogP contribution in [0.3, 0.4) is 0 Å². The van der Waals surface area contributed by atoms with Crippen LogP contribution in [0.5, 0.6) is 17.2 Å². The van der Waals surface area contributed by atoms with Gasteiger partial charge in [0.15, 0.2) is 17.3 Å². The number of rotatable bonds is 9. The monoisotopic (exact) mass is 708 g/mol. The molecule has 1 aliphatic carbocycles. The summed E-state index contributed by atoms with van der Waals surface area (Å²) in [6.45, 7) is 0.0840. The van der Waals surface area contributed by atoms with E-state index in [1.54, 1.807) is 48.6 Å². The number of ketones is 1. The second kappa shape index (κ2) is 14.1. The fourth-order valence-corrected chi connectivity index (χ4v) is 7.28. The van der Waals surface area contributed by atoms with Gasteiger partial charge in [0.1, 0.15) is 25.4 Å². The topological polar surface area (TPSA) is 85.4 Å². The summed E-state index contributed by atoms with van der Waals surface area (Å²) in [6, 6.07) is 27.3. The fraction of sp³-hybridized carbons (Fsp3) is 0.244. The van der Waals surface area contributed by atoms with Gasteiger partial charge in [0, 0.05) is 29.5 Å². The highest BCUT2D eigenvalue weighted by Crippen LogP contribution is 2.56. The van der Waals surface area contributed by atoms with Crippen LogP contribution in [0.4, 0.5) is 13.2 Å². The van der Waals surface area contributed by atoms with E-state index in [1.807, 2.05) is 60.7 Å². The van der Waals surface area contributed by atoms with Gasteiger partial charge in [-0.05, 0) is 41.3 Å². The maximum Gasteiger partial charge on any atom is 0.471 e. The van der Waals surface area contributed by atoms with Crippen molar-refractivity contribution in [2.45, 2.75) is 49.9 Å². The number of carbonyl (C=O) groups excluding carboxylic acids is 3. The first-order valence-electron chi connectivity index (χ1n) is 16.8. The fourth-order valence-electron chi connectivity index (χ4n) is 7.28. The quantitative estimate of drug-likeness (QED) is 0.186. The zero-order valence-corrected chi connectivity index (χ0v) is 28.2. The number of ether oxygens (including phenoxy) is 3. The SMILES string of the molecule is COc1c(OCc2ccccc2)cc2c(c1OCc1ccccc1)C1(C=CC(=O)C=C1)CCN1C(=O)[C@@H](Cc3ccccc3)N(C(=O)C(F)(F)F)[C@H]21. The minimum absolute atomic E-state index is 0.0331. The zero-order chi connectivity index (χ0) is 36.5. The van der Waals surface area contributed by atoms with E-state index in [0.29, 0.717) is 16.0 Å². The molecule has 8 nitrogen and oxygen atoms in total. The lowest BCUT2D eigenvalue weighted by Gasteiger charge is -2.35. The van der Waals surface area contributed by atoms with Gasteiger partial charge in [0.25, 0.3) is 0 Å². The van der Waals surface area contributed by atoms with Crippen molar-refractivity contribution in [1.82, 2.24) is 9.80 Å². The third kappa shape index (κ3) is 6.54. The number of fused-ring (bicyclic) bond motifs is 4. The third-order valence-corrected chi connectivity index (χ3v) is 9.71. The second-order valence-electron chi connectivity index (χ2n) is 12.9. The predicted octanol–water partition coefficient (Wildman–Crippen LogP) is 7.03. The van der Waals surface area contributed by atoms with Crippen LogP contribution in [-0.4, -0.2) is 53.3 Å². The molecule has 4 aromatic rings. The molecular weight excluding hydrogens is 673 g/mol. The first kappa shape index (κ1) is 34.6. The van der Waals surface area contributed by atoms with Gasteiger partial charge in [0.2, 0.25) is 11.7 Å². The molecule has 0 N–H and O–H groups in total. The van der Waals surface area contributed by atoms with Crippen molar-refractivity contribution < 1.29 is 41.8 Å². The summed E-state index contributed by atoms with van der Waals surface area (Å²) < 4.78 is 62.7. The molecule has 0 bridgehead atoms. The molecule has 0 radical (unpaired) electrons. The molecule has 1 saturated heterocycles. The van der Waals surface area contributed by atoms with E-state index < -0.39 is 35.6 Å². The standard InChI is InChI=1S/C41H35F3N2O6/c1-50-35-33(51-25-28-13-7-3-8-14-28)24-31-34(36(35)52-26-29-15-9-4-10-16-29)40(19-17-30(47)18-20-40)21-22-45-37(31)46(39(49)41(42,43)44)32(38(45)48)23-27-11-5-2-6-12-27/h2-20,24,32,37H,21-23,25-26H2,1H3/t32-,37-/m1/s1. The van der Waals surface area contributed by atoms with Gasteiger partial charge in [-0.1, -0.05) is 103 Å². The van der Waals surface area contributed by atoms with E-state index in [2.05, 4.69) is 0 Å². The number of amides is 2. The summed E-state index contributed by atoms with van der Waals surface area (Å²) in [5.74, 6) is -2.56. The minimum atomic E-state index is -5.29. The Labute approximate surface area is 298 Å². The normalized spacial score (nSPS) is 18.9. The Hall–Kier alpha value is -5.84. The van der Waals surface area contributed by atoms with E-state index in [4.69, 9.17) is 14.2 Å². The summed E-state index contributed by atoms with van der Waals surface area (Å²) in [7, 11) is 1.44. The van der Waals surface area contributed by atoms with Gasteiger partial charge in [-0.3, -0.25) is 19.3 Å². The van der Waals surface area contributed by atoms with Crippen LogP contribution >= 0.6 is 0 Å². The molecule has 2 aliphatic heterocycles. The smallest absolute Gasteiger partial charge is 0.471 e. The van der Waals surface area contributed by atoms with Gasteiger partial charge < -0.3 is 19.1 Å². The Morgan fingerprint density at radius 1 is 0.808 bits per heavy atom. The number of allylic oxidation sites excluding steroid dienone is 4. The molecule has 2 atom stereocenters. The Bertz CT molecular complexity index is 2020. The third-order valence-electron chi connectivity index (χ3n) is 9.71. The highest BCUT2D eigenvalue weighted by Gasteiger charge is 2.58. The van der Waals surface area contributed by atoms with Crippen LogP contribution < -0.4 is 14.2 Å². The number of methoxy groups -OCH3 is 1. The van der Waals surface area contributed by atoms with Crippen molar-refractivity contribution in [3.8, 4) is 17.2 Å². The van der Waals surface area contributed by atoms with Crippen molar-refractivity contribution in [2.75, 3.05) is 13.7 Å². The molecule has 1 fully saturated rings. The van der Waals surface area contributed by atoms with Gasteiger partial charge in [-0.2, -0.15) is 13.2 Å². The molecule has 2 heterocycles. The maximum absolute atomic E-state index is 14.6. The molecule has 4 aromatic carbocycles. The van der Waals surface area contributed by atoms with E-state index in [1.165, 1.54) is 24.2 Å². The van der Waals surface area contributed by atoms with Crippen LogP contribution in [0.15, 0.2) is 121 Å². The minimum Gasteiger partial charge on any atom is -0.490 e. The summed E-state index contributed by atoms with van der Waals surface area (Å²) in [5, 5.41) is 0. The number of hydrogen-bond donors (Lipinski definition) is 0. The van der Waals surface area contributed by atoms with Crippen LogP contribution in [0.25, 0.3) is 0 Å². The predicted molar refractivity (Wildman–Crippen MR) is 185 cm³/mol. The number of benzene rings is 4. The Morgan fingerprint density at radius 2 is 1.37 bits per heavy atom. The average molecular weight is 709 g/mol. The Kier molecular flexibility index (Phi) is 9.35. The van der Waals surface area contributed by atoms with E-state index in [9.17, 15) is 27.6 Å². The van der Waals surface area contributed by atoms with E-state index >= 15 is 0 Å². The van der Waals surface area contributed by atoms with Crippen molar-refractivity contribution in [1.29, 1.82) is 0 Å².